The number of carbonyl (C=O) groups excluding carboxylic acids is 3. The molecule has 2 heterocycles. The average Bonchev–Trinajstić information content (AvgIpc) is 3.30. The number of fused-ring (bicyclic) bond motifs is 1. The molecule has 1 aromatic carbocycles. The van der Waals surface area contributed by atoms with Crippen LogP contribution < -0.4 is 15.4 Å². The van der Waals surface area contributed by atoms with Gasteiger partial charge in [-0.15, -0.1) is 0 Å². The third-order valence-electron chi connectivity index (χ3n) is 5.70. The zero-order valence-corrected chi connectivity index (χ0v) is 18.3. The third-order valence-corrected chi connectivity index (χ3v) is 5.70. The monoisotopic (exact) mass is 428 g/mol. The largest absolute Gasteiger partial charge is 0.497 e. The second-order valence-corrected chi connectivity index (χ2v) is 7.92. The Hall–Kier alpha value is -3.03. The molecule has 1 aliphatic rings. The van der Waals surface area contributed by atoms with Crippen LogP contribution in [0.1, 0.15) is 51.0 Å². The molecule has 168 valence electrons. The first-order chi connectivity index (χ1) is 15.0. The molecule has 0 saturated carbocycles. The minimum atomic E-state index is -0.638. The Labute approximate surface area is 182 Å². The fraction of sp³-hybridized carbons (Fsp3) is 0.522. The van der Waals surface area contributed by atoms with Gasteiger partial charge in [0.05, 0.1) is 7.11 Å². The molecule has 31 heavy (non-hydrogen) atoms. The molecule has 4 amide bonds. The number of methoxy groups -OCH3 is 1. The number of ether oxygens (including phenoxy) is 1. The summed E-state index contributed by atoms with van der Waals surface area (Å²) in [4.78, 5) is 41.4. The van der Waals surface area contributed by atoms with Gasteiger partial charge in [0, 0.05) is 36.6 Å². The normalized spacial score (nSPS) is 16.1. The van der Waals surface area contributed by atoms with E-state index in [0.29, 0.717) is 19.4 Å². The van der Waals surface area contributed by atoms with E-state index in [1.165, 1.54) is 11.3 Å². The lowest BCUT2D eigenvalue weighted by Crippen LogP contribution is -2.34. The predicted octanol–water partition coefficient (Wildman–Crippen LogP) is 3.12. The lowest BCUT2D eigenvalue weighted by Gasteiger charge is -2.13. The summed E-state index contributed by atoms with van der Waals surface area (Å²) >= 11 is 0. The average molecular weight is 429 g/mol. The molecule has 1 fully saturated rings. The second kappa shape index (κ2) is 10.8. The summed E-state index contributed by atoms with van der Waals surface area (Å²) in [7, 11) is 1.62. The maximum atomic E-state index is 12.7. The van der Waals surface area contributed by atoms with Crippen LogP contribution in [0.4, 0.5) is 4.79 Å². The summed E-state index contributed by atoms with van der Waals surface area (Å²) in [5, 5.41) is 6.60. The highest BCUT2D eigenvalue weighted by atomic mass is 16.5. The number of nitrogens with one attached hydrogen (secondary N) is 3. The van der Waals surface area contributed by atoms with Crippen molar-refractivity contribution in [2.24, 2.45) is 0 Å². The van der Waals surface area contributed by atoms with Gasteiger partial charge < -0.3 is 20.4 Å². The first-order valence-corrected chi connectivity index (χ1v) is 11.1. The van der Waals surface area contributed by atoms with Crippen LogP contribution in [0.2, 0.25) is 0 Å². The Bertz CT molecular complexity index is 923. The van der Waals surface area contributed by atoms with Crippen molar-refractivity contribution in [2.45, 2.75) is 57.9 Å². The Balaban J connectivity index is 1.47. The maximum absolute atomic E-state index is 12.7. The number of amides is 4. The van der Waals surface area contributed by atoms with Crippen molar-refractivity contribution in [3.05, 3.63) is 30.0 Å². The summed E-state index contributed by atoms with van der Waals surface area (Å²) in [6.07, 6.45) is 7.36. The maximum Gasteiger partial charge on any atom is 0.324 e. The van der Waals surface area contributed by atoms with Crippen LogP contribution in [0.5, 0.6) is 5.75 Å². The molecular formula is C23H32N4O4. The van der Waals surface area contributed by atoms with E-state index in [4.69, 9.17) is 4.74 Å². The van der Waals surface area contributed by atoms with Gasteiger partial charge in [0.15, 0.2) is 0 Å². The lowest BCUT2D eigenvalue weighted by molar-refractivity contribution is -0.127. The van der Waals surface area contributed by atoms with Crippen LogP contribution in [0.25, 0.3) is 10.9 Å². The van der Waals surface area contributed by atoms with E-state index in [1.807, 2.05) is 24.4 Å². The van der Waals surface area contributed by atoms with E-state index < -0.39 is 12.1 Å². The van der Waals surface area contributed by atoms with Gasteiger partial charge in [0.1, 0.15) is 11.8 Å². The van der Waals surface area contributed by atoms with Crippen molar-refractivity contribution in [3.8, 4) is 5.75 Å². The number of unbranched alkanes of at least 4 members (excludes halogenated alkanes) is 3. The Morgan fingerprint density at radius 1 is 1.23 bits per heavy atom. The number of aromatic amines is 1. The van der Waals surface area contributed by atoms with Gasteiger partial charge in [0.25, 0.3) is 5.91 Å². The van der Waals surface area contributed by atoms with Crippen molar-refractivity contribution in [2.75, 3.05) is 20.2 Å². The Kier molecular flexibility index (Phi) is 7.92. The Morgan fingerprint density at radius 2 is 2.06 bits per heavy atom. The number of nitrogens with zero attached hydrogens (tertiary/aromatic N) is 1. The smallest absolute Gasteiger partial charge is 0.324 e. The number of urea groups is 1. The highest BCUT2D eigenvalue weighted by Crippen LogP contribution is 2.24. The van der Waals surface area contributed by atoms with Crippen molar-refractivity contribution in [3.63, 3.8) is 0 Å². The standard InChI is InChI=1S/C23H32N4O4/c1-3-4-5-6-12-24-21(28)10-9-20-22(29)27(23(30)26-20)13-11-16-15-25-19-8-7-17(31-2)14-18(16)19/h7-8,14-15,20,25H,3-6,9-13H2,1-2H3,(H,24,28)(H,26,30)/t20-/m1/s1. The molecule has 1 aliphatic heterocycles. The molecule has 1 atom stereocenters. The van der Waals surface area contributed by atoms with Crippen LogP contribution in [-0.2, 0) is 16.0 Å². The summed E-state index contributed by atoms with van der Waals surface area (Å²) in [5.74, 6) is 0.412. The molecule has 2 aromatic rings. The second-order valence-electron chi connectivity index (χ2n) is 7.92. The van der Waals surface area contributed by atoms with Gasteiger partial charge in [-0.2, -0.15) is 0 Å². The van der Waals surface area contributed by atoms with E-state index in [0.717, 1.165) is 41.5 Å². The number of carbonyl (C=O) groups is 3. The van der Waals surface area contributed by atoms with Gasteiger partial charge in [-0.05, 0) is 43.0 Å². The van der Waals surface area contributed by atoms with Gasteiger partial charge in [-0.3, -0.25) is 14.5 Å². The number of rotatable bonds is 12. The third kappa shape index (κ3) is 5.77. The van der Waals surface area contributed by atoms with Gasteiger partial charge in [0.2, 0.25) is 5.91 Å². The Morgan fingerprint density at radius 3 is 2.84 bits per heavy atom. The van der Waals surface area contributed by atoms with Crippen LogP contribution in [0.15, 0.2) is 24.4 Å². The lowest BCUT2D eigenvalue weighted by atomic mass is 10.1. The van der Waals surface area contributed by atoms with E-state index in [-0.39, 0.29) is 24.8 Å². The quantitative estimate of drug-likeness (QED) is 0.357. The number of hydrogen-bond acceptors (Lipinski definition) is 4. The van der Waals surface area contributed by atoms with Crippen molar-refractivity contribution in [1.82, 2.24) is 20.5 Å². The van der Waals surface area contributed by atoms with Gasteiger partial charge >= 0.3 is 6.03 Å². The van der Waals surface area contributed by atoms with E-state index >= 15 is 0 Å². The first-order valence-electron chi connectivity index (χ1n) is 11.1. The highest BCUT2D eigenvalue weighted by Gasteiger charge is 2.37. The predicted molar refractivity (Wildman–Crippen MR) is 119 cm³/mol. The van der Waals surface area contributed by atoms with E-state index in [9.17, 15) is 14.4 Å². The molecule has 1 aromatic heterocycles. The molecule has 8 heteroatoms. The number of hydrogen-bond donors (Lipinski definition) is 3. The van der Waals surface area contributed by atoms with Crippen LogP contribution in [-0.4, -0.2) is 54.0 Å². The van der Waals surface area contributed by atoms with Crippen LogP contribution >= 0.6 is 0 Å². The number of aromatic nitrogens is 1. The summed E-state index contributed by atoms with van der Waals surface area (Å²) in [5.41, 5.74) is 1.99. The summed E-state index contributed by atoms with van der Waals surface area (Å²) in [6.45, 7) is 3.09. The zero-order chi connectivity index (χ0) is 22.2. The van der Waals surface area contributed by atoms with Crippen LogP contribution in [0, 0.1) is 0 Å². The minimum absolute atomic E-state index is 0.0789. The molecule has 0 aliphatic carbocycles. The molecule has 0 bridgehead atoms. The van der Waals surface area contributed by atoms with Crippen molar-refractivity contribution < 1.29 is 19.1 Å². The van der Waals surface area contributed by atoms with Crippen LogP contribution in [0.3, 0.4) is 0 Å². The van der Waals surface area contributed by atoms with Crippen molar-refractivity contribution in [1.29, 1.82) is 0 Å². The first kappa shape index (κ1) is 22.7. The topological polar surface area (TPSA) is 104 Å². The molecular weight excluding hydrogens is 396 g/mol. The summed E-state index contributed by atoms with van der Waals surface area (Å²) < 4.78 is 5.29. The van der Waals surface area contributed by atoms with Gasteiger partial charge in [-0.1, -0.05) is 26.2 Å². The highest BCUT2D eigenvalue weighted by molar-refractivity contribution is 6.04. The molecule has 3 rings (SSSR count). The molecule has 8 nitrogen and oxygen atoms in total. The molecule has 0 radical (unpaired) electrons. The fourth-order valence-electron chi connectivity index (χ4n) is 3.85. The number of benzene rings is 1. The summed E-state index contributed by atoms with van der Waals surface area (Å²) in [6, 6.07) is 4.73. The molecule has 0 unspecified atom stereocenters. The molecule has 3 N–H and O–H groups in total. The van der Waals surface area contributed by atoms with E-state index in [2.05, 4.69) is 22.5 Å². The zero-order valence-electron chi connectivity index (χ0n) is 18.3. The molecule has 0 spiro atoms. The fourth-order valence-corrected chi connectivity index (χ4v) is 3.85. The number of H-pyrrole nitrogens is 1. The van der Waals surface area contributed by atoms with E-state index in [1.54, 1.807) is 7.11 Å². The SMILES string of the molecule is CCCCCCNC(=O)CC[C@H]1NC(=O)N(CCc2c[nH]c3ccc(OC)cc23)C1=O. The minimum Gasteiger partial charge on any atom is -0.497 e. The van der Waals surface area contributed by atoms with Gasteiger partial charge in [-0.25, -0.2) is 4.79 Å². The number of imide groups is 1. The molecule has 1 saturated heterocycles. The van der Waals surface area contributed by atoms with Crippen molar-refractivity contribution >= 4 is 28.7 Å².